The molecule has 0 saturated carbocycles. The predicted molar refractivity (Wildman–Crippen MR) is 105 cm³/mol. The molecule has 4 nitrogen and oxygen atoms in total. The van der Waals surface area contributed by atoms with E-state index >= 15 is 0 Å². The fourth-order valence-electron chi connectivity index (χ4n) is 2.44. The Bertz CT molecular complexity index is 716. The van der Waals surface area contributed by atoms with Gasteiger partial charge in [-0.25, -0.2) is 0 Å². The van der Waals surface area contributed by atoms with E-state index in [1.54, 1.807) is 6.07 Å². The maximum Gasteiger partial charge on any atom is 0.161 e. The quantitative estimate of drug-likeness (QED) is 0.534. The van der Waals surface area contributed by atoms with Crippen molar-refractivity contribution in [1.29, 1.82) is 0 Å². The highest BCUT2D eigenvalue weighted by atomic mass is 32.1. The van der Waals surface area contributed by atoms with Crippen molar-refractivity contribution in [3.05, 3.63) is 53.6 Å². The van der Waals surface area contributed by atoms with Crippen LogP contribution in [0, 0.1) is 0 Å². The maximum atomic E-state index is 5.88. The Hall–Kier alpha value is -2.27. The Labute approximate surface area is 154 Å². The maximum absolute atomic E-state index is 5.88. The van der Waals surface area contributed by atoms with Crippen LogP contribution >= 0.6 is 12.2 Å². The summed E-state index contributed by atoms with van der Waals surface area (Å²) < 4.78 is 17.3. The van der Waals surface area contributed by atoms with Crippen molar-refractivity contribution in [1.82, 2.24) is 0 Å². The lowest BCUT2D eigenvalue weighted by Crippen LogP contribution is -2.12. The summed E-state index contributed by atoms with van der Waals surface area (Å²) in [5, 5.41) is 0. The van der Waals surface area contributed by atoms with Crippen LogP contribution in [0.5, 0.6) is 17.2 Å². The number of thiocarbonyl (C=S) groups is 1. The molecule has 2 N–H and O–H groups in total. The van der Waals surface area contributed by atoms with Gasteiger partial charge in [0.25, 0.3) is 0 Å². The Balaban J connectivity index is 1.97. The van der Waals surface area contributed by atoms with Gasteiger partial charge < -0.3 is 19.9 Å². The molecule has 134 valence electrons. The van der Waals surface area contributed by atoms with Crippen LogP contribution in [0.2, 0.25) is 0 Å². The number of hydrogen-bond acceptors (Lipinski definition) is 4. The van der Waals surface area contributed by atoms with Crippen LogP contribution in [0.4, 0.5) is 0 Å². The summed E-state index contributed by atoms with van der Waals surface area (Å²) in [4.78, 5) is 0.334. The molecule has 0 heterocycles. The van der Waals surface area contributed by atoms with E-state index in [0.717, 1.165) is 11.3 Å². The molecule has 25 heavy (non-hydrogen) atoms. The molecule has 0 saturated heterocycles. The molecule has 0 aliphatic carbocycles. The van der Waals surface area contributed by atoms with Gasteiger partial charge in [0.15, 0.2) is 11.5 Å². The van der Waals surface area contributed by atoms with Gasteiger partial charge in [-0.3, -0.25) is 0 Å². The van der Waals surface area contributed by atoms with Gasteiger partial charge in [-0.05, 0) is 42.7 Å². The van der Waals surface area contributed by atoms with Crippen LogP contribution in [0.3, 0.4) is 0 Å². The smallest absolute Gasteiger partial charge is 0.161 e. The van der Waals surface area contributed by atoms with E-state index in [4.69, 9.17) is 32.2 Å². The molecule has 0 amide bonds. The molecule has 0 radical (unpaired) electrons. The zero-order chi connectivity index (χ0) is 18.2. The van der Waals surface area contributed by atoms with E-state index in [1.165, 1.54) is 5.56 Å². The lowest BCUT2D eigenvalue weighted by Gasteiger charge is -2.15. The van der Waals surface area contributed by atoms with Crippen LogP contribution in [0.25, 0.3) is 0 Å². The third kappa shape index (κ3) is 5.36. The molecule has 0 spiro atoms. The van der Waals surface area contributed by atoms with Gasteiger partial charge in [0, 0.05) is 5.56 Å². The van der Waals surface area contributed by atoms with E-state index in [2.05, 4.69) is 19.9 Å². The normalized spacial score (nSPS) is 10.6. The van der Waals surface area contributed by atoms with E-state index in [9.17, 15) is 0 Å². The second-order valence-corrected chi connectivity index (χ2v) is 6.29. The third-order valence-corrected chi connectivity index (χ3v) is 3.90. The summed E-state index contributed by atoms with van der Waals surface area (Å²) in [7, 11) is 0. The van der Waals surface area contributed by atoms with Crippen LogP contribution in [-0.2, 0) is 0 Å². The summed E-state index contributed by atoms with van der Waals surface area (Å²) in [6.45, 7) is 7.62. The molecule has 0 aliphatic heterocycles. The summed E-state index contributed by atoms with van der Waals surface area (Å²) in [5.41, 5.74) is 7.62. The molecule has 2 aromatic rings. The number of ether oxygens (including phenoxy) is 3. The lowest BCUT2D eigenvalue weighted by molar-refractivity contribution is 0.207. The summed E-state index contributed by atoms with van der Waals surface area (Å²) >= 11 is 5.00. The summed E-state index contributed by atoms with van der Waals surface area (Å²) in [5.74, 6) is 2.60. The van der Waals surface area contributed by atoms with E-state index in [1.807, 2.05) is 37.3 Å². The van der Waals surface area contributed by atoms with Gasteiger partial charge in [-0.2, -0.15) is 0 Å². The minimum atomic E-state index is 0.334. The van der Waals surface area contributed by atoms with E-state index in [0.29, 0.717) is 42.2 Å². The van der Waals surface area contributed by atoms with Crippen molar-refractivity contribution in [2.45, 2.75) is 26.7 Å². The number of rotatable bonds is 9. The van der Waals surface area contributed by atoms with E-state index in [-0.39, 0.29) is 0 Å². The lowest BCUT2D eigenvalue weighted by atomic mass is 10.0. The molecule has 2 rings (SSSR count). The fourth-order valence-corrected chi connectivity index (χ4v) is 2.57. The molecule has 0 bridgehead atoms. The molecule has 2 aromatic carbocycles. The second-order valence-electron chi connectivity index (χ2n) is 5.85. The molecule has 0 atom stereocenters. The highest BCUT2D eigenvalue weighted by Gasteiger charge is 2.09. The Morgan fingerprint density at radius 3 is 2.28 bits per heavy atom. The minimum Gasteiger partial charge on any atom is -0.490 e. The second kappa shape index (κ2) is 9.28. The zero-order valence-corrected chi connectivity index (χ0v) is 15.8. The number of para-hydroxylation sites is 1. The van der Waals surface area contributed by atoms with Crippen LogP contribution in [0.1, 0.15) is 37.8 Å². The van der Waals surface area contributed by atoms with Crippen molar-refractivity contribution in [3.8, 4) is 17.2 Å². The van der Waals surface area contributed by atoms with Gasteiger partial charge in [-0.1, -0.05) is 44.3 Å². The standard InChI is InChI=1S/C20H25NO3S/c1-4-22-19-13-15(20(21)25)9-10-18(19)24-12-11-23-17-8-6-5-7-16(17)14(2)3/h5-10,13-14H,4,11-12H2,1-3H3,(H2,21,25). The van der Waals surface area contributed by atoms with Crippen molar-refractivity contribution in [2.24, 2.45) is 5.73 Å². The summed E-state index contributed by atoms with van der Waals surface area (Å²) in [6.07, 6.45) is 0. The largest absolute Gasteiger partial charge is 0.490 e. The van der Waals surface area contributed by atoms with Crippen LogP contribution in [-0.4, -0.2) is 24.8 Å². The van der Waals surface area contributed by atoms with Gasteiger partial charge in [0.1, 0.15) is 24.0 Å². The average molecular weight is 359 g/mol. The molecule has 0 fully saturated rings. The third-order valence-electron chi connectivity index (χ3n) is 3.67. The summed E-state index contributed by atoms with van der Waals surface area (Å²) in [6, 6.07) is 13.5. The van der Waals surface area contributed by atoms with E-state index < -0.39 is 0 Å². The number of nitrogens with two attached hydrogens (primary N) is 1. The Kier molecular flexibility index (Phi) is 7.07. The van der Waals surface area contributed by atoms with Crippen molar-refractivity contribution in [3.63, 3.8) is 0 Å². The average Bonchev–Trinajstić information content (AvgIpc) is 2.60. The Morgan fingerprint density at radius 2 is 1.64 bits per heavy atom. The van der Waals surface area contributed by atoms with Gasteiger partial charge in [-0.15, -0.1) is 0 Å². The van der Waals surface area contributed by atoms with Crippen LogP contribution < -0.4 is 19.9 Å². The predicted octanol–water partition coefficient (Wildman–Crippen LogP) is 4.30. The van der Waals surface area contributed by atoms with Crippen molar-refractivity contribution >= 4 is 17.2 Å². The molecule has 0 aromatic heterocycles. The van der Waals surface area contributed by atoms with Gasteiger partial charge >= 0.3 is 0 Å². The number of hydrogen-bond donors (Lipinski definition) is 1. The monoisotopic (exact) mass is 359 g/mol. The molecular formula is C20H25NO3S. The fraction of sp³-hybridized carbons (Fsp3) is 0.350. The van der Waals surface area contributed by atoms with Crippen LogP contribution in [0.15, 0.2) is 42.5 Å². The van der Waals surface area contributed by atoms with Gasteiger partial charge in [0.2, 0.25) is 0 Å². The minimum absolute atomic E-state index is 0.334. The molecule has 0 aliphatic rings. The first kappa shape index (κ1) is 19.1. The first-order chi connectivity index (χ1) is 12.0. The number of benzene rings is 2. The molecule has 5 heteroatoms. The topological polar surface area (TPSA) is 53.7 Å². The zero-order valence-electron chi connectivity index (χ0n) is 15.0. The van der Waals surface area contributed by atoms with Crippen molar-refractivity contribution < 1.29 is 14.2 Å². The highest BCUT2D eigenvalue weighted by molar-refractivity contribution is 7.80. The molecular weight excluding hydrogens is 334 g/mol. The first-order valence-corrected chi connectivity index (χ1v) is 8.85. The molecule has 0 unspecified atom stereocenters. The highest BCUT2D eigenvalue weighted by Crippen LogP contribution is 2.29. The first-order valence-electron chi connectivity index (χ1n) is 8.44. The van der Waals surface area contributed by atoms with Crippen molar-refractivity contribution in [2.75, 3.05) is 19.8 Å². The SMILES string of the molecule is CCOc1cc(C(N)=S)ccc1OCCOc1ccccc1C(C)C. The van der Waals surface area contributed by atoms with Gasteiger partial charge in [0.05, 0.1) is 6.61 Å². The Morgan fingerprint density at radius 1 is 0.960 bits per heavy atom.